The van der Waals surface area contributed by atoms with Gasteiger partial charge in [-0.05, 0) is 127 Å². The van der Waals surface area contributed by atoms with E-state index in [9.17, 15) is 0 Å². The van der Waals surface area contributed by atoms with Gasteiger partial charge in [-0.25, -0.2) is 0 Å². The number of anilines is 3. The first-order valence-electron chi connectivity index (χ1n) is 19.8. The van der Waals surface area contributed by atoms with Crippen molar-refractivity contribution in [2.75, 3.05) is 4.90 Å². The molecule has 0 saturated heterocycles. The topological polar surface area (TPSA) is 49.4 Å². The van der Waals surface area contributed by atoms with Crippen LogP contribution in [0.15, 0.2) is 146 Å². The van der Waals surface area contributed by atoms with E-state index >= 15 is 0 Å². The van der Waals surface area contributed by atoms with Crippen LogP contribution >= 0.6 is 0 Å². The van der Waals surface area contributed by atoms with Gasteiger partial charge in [0, 0.05) is 5.46 Å². The second-order valence-corrected chi connectivity index (χ2v) is 16.2. The lowest BCUT2D eigenvalue weighted by atomic mass is 9.29. The van der Waals surface area contributed by atoms with Gasteiger partial charge in [0.15, 0.2) is 34.5 Å². The summed E-state index contributed by atoms with van der Waals surface area (Å²) in [6.45, 7) is -0.0271. The molecule has 0 aromatic heterocycles. The summed E-state index contributed by atoms with van der Waals surface area (Å²) in [6.07, 6.45) is 0. The second-order valence-electron chi connectivity index (χ2n) is 16.2. The number of benzene rings is 9. The van der Waals surface area contributed by atoms with Crippen molar-refractivity contribution in [3.8, 4) is 68.6 Å². The van der Waals surface area contributed by atoms with Crippen LogP contribution in [-0.2, 0) is 5.41 Å². The molecule has 6 aliphatic heterocycles. The third-order valence-corrected chi connectivity index (χ3v) is 13.7. The van der Waals surface area contributed by atoms with Gasteiger partial charge in [-0.2, -0.15) is 0 Å². The van der Waals surface area contributed by atoms with Gasteiger partial charge in [0.1, 0.15) is 40.1 Å². The number of fused-ring (bicyclic) bond motifs is 4. The Balaban J connectivity index is 1.04. The molecule has 0 unspecified atom stereocenters. The first-order valence-corrected chi connectivity index (χ1v) is 19.8. The predicted octanol–water partition coefficient (Wildman–Crippen LogP) is 11.2. The van der Waals surface area contributed by atoms with Crippen LogP contribution in [0, 0.1) is 0 Å². The molecule has 0 radical (unpaired) electrons. The van der Waals surface area contributed by atoms with Gasteiger partial charge in [0.2, 0.25) is 0 Å². The van der Waals surface area contributed by atoms with E-state index in [-0.39, 0.29) is 6.71 Å². The molecule has 0 atom stereocenters. The molecule has 6 heterocycles. The highest BCUT2D eigenvalue weighted by molar-refractivity contribution is 6.99. The van der Waals surface area contributed by atoms with Crippen molar-refractivity contribution < 1.29 is 23.7 Å². The molecule has 1 spiro atoms. The minimum atomic E-state index is -0.705. The highest BCUT2D eigenvalue weighted by atomic mass is 16.5. The van der Waals surface area contributed by atoms with Crippen molar-refractivity contribution in [1.29, 1.82) is 0 Å². The number of rotatable bonds is 1. The zero-order chi connectivity index (χ0) is 37.2. The SMILES string of the molecule is c1cc2c3c(c1)Oc1cccc4c1B3c1c(cccc1C41c3cccc4ccc5ccc(-c6cc7c8c(c6)Oc6cccc9c6N8c6c(cccc6O7)O9)c1c5c34)O2. The van der Waals surface area contributed by atoms with Gasteiger partial charge in [-0.15, -0.1) is 0 Å². The molecule has 7 aliphatic rings. The third kappa shape index (κ3) is 2.99. The van der Waals surface area contributed by atoms with Crippen molar-refractivity contribution in [2.45, 2.75) is 5.41 Å². The molecule has 0 saturated carbocycles. The summed E-state index contributed by atoms with van der Waals surface area (Å²) >= 11 is 0. The van der Waals surface area contributed by atoms with E-state index in [4.69, 9.17) is 23.7 Å². The summed E-state index contributed by atoms with van der Waals surface area (Å²) in [5, 5.41) is 4.97. The molecule has 7 heteroatoms. The number of para-hydroxylation sites is 2. The molecular formula is C51H24BNO5. The van der Waals surface area contributed by atoms with Crippen LogP contribution in [0.5, 0.6) is 57.5 Å². The minimum absolute atomic E-state index is 0.0271. The van der Waals surface area contributed by atoms with E-state index in [2.05, 4.69) is 108 Å². The van der Waals surface area contributed by atoms with E-state index < -0.39 is 5.41 Å². The van der Waals surface area contributed by atoms with Crippen LogP contribution in [0.4, 0.5) is 17.1 Å². The zero-order valence-electron chi connectivity index (χ0n) is 30.4. The standard InChI is InChI=1S/C51H24BNO5/c1-7-25-19-20-26-21-22-28(27-23-40-50-41(24-27)58-39-18-6-16-37-49(39)53(50)48-36(56-37)15-5-17-38(48)57-40)44-43(26)42(25)29(8-1)51(44)30-9-2-11-32-45(30)52-46-31(51)10-3-12-33(46)55-35-14-4-13-34(54-32)47(35)52/h1-24H. The Bertz CT molecular complexity index is 3390. The maximum absolute atomic E-state index is 6.86. The van der Waals surface area contributed by atoms with Crippen molar-refractivity contribution in [1.82, 2.24) is 0 Å². The lowest BCUT2D eigenvalue weighted by Gasteiger charge is -2.47. The molecule has 266 valence electrons. The van der Waals surface area contributed by atoms with Crippen molar-refractivity contribution in [3.05, 3.63) is 168 Å². The molecule has 16 rings (SSSR count). The maximum atomic E-state index is 6.86. The van der Waals surface area contributed by atoms with Gasteiger partial charge < -0.3 is 23.7 Å². The summed E-state index contributed by atoms with van der Waals surface area (Å²) in [7, 11) is 0. The summed E-state index contributed by atoms with van der Waals surface area (Å²) in [4.78, 5) is 2.26. The fourth-order valence-corrected chi connectivity index (χ4v) is 11.7. The molecule has 1 aliphatic carbocycles. The molecule has 58 heavy (non-hydrogen) atoms. The molecule has 6 nitrogen and oxygen atoms in total. The van der Waals surface area contributed by atoms with Crippen LogP contribution in [0.25, 0.3) is 32.7 Å². The Hall–Kier alpha value is -7.64. The molecule has 0 fully saturated rings. The summed E-state index contributed by atoms with van der Waals surface area (Å²) in [6, 6.07) is 51.8. The fourth-order valence-electron chi connectivity index (χ4n) is 11.7. The fraction of sp³-hybridized carbons (Fsp3) is 0.0196. The highest BCUT2D eigenvalue weighted by Gasteiger charge is 2.57. The van der Waals surface area contributed by atoms with Gasteiger partial charge >= 0.3 is 0 Å². The van der Waals surface area contributed by atoms with E-state index in [1.54, 1.807) is 0 Å². The third-order valence-electron chi connectivity index (χ3n) is 13.7. The lowest BCUT2D eigenvalue weighted by molar-refractivity contribution is 0.418. The lowest BCUT2D eigenvalue weighted by Crippen LogP contribution is -2.65. The zero-order valence-corrected chi connectivity index (χ0v) is 30.4. The van der Waals surface area contributed by atoms with Crippen LogP contribution in [0.3, 0.4) is 0 Å². The second kappa shape index (κ2) is 9.31. The van der Waals surface area contributed by atoms with E-state index in [1.165, 1.54) is 54.7 Å². The van der Waals surface area contributed by atoms with Crippen LogP contribution in [0.2, 0.25) is 0 Å². The first kappa shape index (κ1) is 28.7. The Morgan fingerprint density at radius 3 is 1.41 bits per heavy atom. The smallest absolute Gasteiger partial charge is 0.261 e. The summed E-state index contributed by atoms with van der Waals surface area (Å²) < 4.78 is 33.8. The number of ether oxygens (including phenoxy) is 5. The average molecular weight is 742 g/mol. The van der Waals surface area contributed by atoms with Gasteiger partial charge in [0.05, 0.1) is 5.41 Å². The van der Waals surface area contributed by atoms with Crippen LogP contribution in [0.1, 0.15) is 22.3 Å². The Labute approximate surface area is 331 Å². The Morgan fingerprint density at radius 2 is 0.810 bits per heavy atom. The van der Waals surface area contributed by atoms with Gasteiger partial charge in [-0.3, -0.25) is 4.90 Å². The molecule has 0 N–H and O–H groups in total. The monoisotopic (exact) mass is 741 g/mol. The van der Waals surface area contributed by atoms with E-state index in [0.29, 0.717) is 0 Å². The first-order chi connectivity index (χ1) is 28.7. The Morgan fingerprint density at radius 1 is 0.379 bits per heavy atom. The average Bonchev–Trinajstić information content (AvgIpc) is 3.57. The molecule has 0 amide bonds. The van der Waals surface area contributed by atoms with Crippen LogP contribution in [-0.4, -0.2) is 6.71 Å². The van der Waals surface area contributed by atoms with Gasteiger partial charge in [-0.1, -0.05) is 84.9 Å². The summed E-state index contributed by atoms with van der Waals surface area (Å²) in [5.74, 6) is 7.97. The largest absolute Gasteiger partial charge is 0.458 e. The highest BCUT2D eigenvalue weighted by Crippen LogP contribution is 2.68. The van der Waals surface area contributed by atoms with Crippen molar-refractivity contribution in [2.24, 2.45) is 0 Å². The van der Waals surface area contributed by atoms with E-state index in [0.717, 1.165) is 91.1 Å². The maximum Gasteiger partial charge on any atom is 0.261 e. The van der Waals surface area contributed by atoms with Gasteiger partial charge in [0.25, 0.3) is 6.71 Å². The molecule has 9 aromatic rings. The van der Waals surface area contributed by atoms with E-state index in [1.807, 2.05) is 42.5 Å². The van der Waals surface area contributed by atoms with Crippen molar-refractivity contribution >= 4 is 61.7 Å². The quantitative estimate of drug-likeness (QED) is 0.123. The molecule has 0 bridgehead atoms. The minimum Gasteiger partial charge on any atom is -0.458 e. The number of nitrogens with zero attached hydrogens (tertiary/aromatic N) is 1. The normalized spacial score (nSPS) is 15.7. The molecular weight excluding hydrogens is 717 g/mol. The number of hydrogen-bond acceptors (Lipinski definition) is 6. The molecule has 9 aromatic carbocycles. The summed E-state index contributed by atoms with van der Waals surface area (Å²) in [5.41, 5.74) is 12.6. The predicted molar refractivity (Wildman–Crippen MR) is 225 cm³/mol. The van der Waals surface area contributed by atoms with Crippen molar-refractivity contribution in [3.63, 3.8) is 0 Å². The van der Waals surface area contributed by atoms with Crippen LogP contribution < -0.4 is 45.0 Å². The Kier molecular flexibility index (Phi) is 4.61. The number of hydrogen-bond donors (Lipinski definition) is 0.